The van der Waals surface area contributed by atoms with Crippen LogP contribution < -0.4 is 5.32 Å². The van der Waals surface area contributed by atoms with Gasteiger partial charge >= 0.3 is 0 Å². The van der Waals surface area contributed by atoms with Gasteiger partial charge in [0.25, 0.3) is 0 Å². The van der Waals surface area contributed by atoms with Crippen LogP contribution >= 0.6 is 0 Å². The summed E-state index contributed by atoms with van der Waals surface area (Å²) >= 11 is 0. The second kappa shape index (κ2) is 9.16. The van der Waals surface area contributed by atoms with Gasteiger partial charge in [-0.2, -0.15) is 0 Å². The normalized spacial score (nSPS) is 31.8. The van der Waals surface area contributed by atoms with Crippen molar-refractivity contribution in [2.24, 2.45) is 0 Å². The number of Topliss-reactive ketones (excluding diaryl/α,β-unsaturated/α-hetero) is 1. The Morgan fingerprint density at radius 1 is 1.18 bits per heavy atom. The van der Waals surface area contributed by atoms with Crippen LogP contribution in [0.2, 0.25) is 0 Å². The first kappa shape index (κ1) is 19.0. The van der Waals surface area contributed by atoms with Gasteiger partial charge in [0.05, 0.1) is 6.61 Å². The Hall–Kier alpha value is -1.06. The van der Waals surface area contributed by atoms with E-state index < -0.39 is 43.2 Å². The molecule has 1 aliphatic rings. The number of unbranched alkanes of at least 4 members (excludes halogenated alkanes) is 1. The van der Waals surface area contributed by atoms with E-state index in [1.54, 1.807) is 0 Å². The van der Waals surface area contributed by atoms with Gasteiger partial charge in [0.2, 0.25) is 5.91 Å². The van der Waals surface area contributed by atoms with Crippen molar-refractivity contribution >= 4 is 11.7 Å². The summed E-state index contributed by atoms with van der Waals surface area (Å²) < 4.78 is 10.9. The summed E-state index contributed by atoms with van der Waals surface area (Å²) in [6, 6.07) is -0.928. The van der Waals surface area contributed by atoms with E-state index in [0.717, 1.165) is 0 Å². The number of carbonyl (C=O) groups is 2. The van der Waals surface area contributed by atoms with Crippen molar-refractivity contribution < 1.29 is 34.4 Å². The maximum atomic E-state index is 11.2. The molecule has 4 N–H and O–H groups in total. The highest BCUT2D eigenvalue weighted by Crippen LogP contribution is 2.22. The van der Waals surface area contributed by atoms with Crippen LogP contribution in [0.15, 0.2) is 0 Å². The predicted molar refractivity (Wildman–Crippen MR) is 75.8 cm³/mol. The lowest BCUT2D eigenvalue weighted by Gasteiger charge is -2.42. The molecule has 1 saturated heterocycles. The summed E-state index contributed by atoms with van der Waals surface area (Å²) in [5.41, 5.74) is 0. The molecule has 0 aromatic heterocycles. The molecule has 1 amide bonds. The van der Waals surface area contributed by atoms with Gasteiger partial charge in [0, 0.05) is 20.0 Å². The van der Waals surface area contributed by atoms with Gasteiger partial charge in [0.15, 0.2) is 6.29 Å². The predicted octanol–water partition coefficient (Wildman–Crippen LogP) is -1.29. The first-order chi connectivity index (χ1) is 10.4. The molecule has 0 unspecified atom stereocenters. The number of aliphatic hydroxyl groups is 3. The molecule has 0 aromatic carbocycles. The second-order valence-electron chi connectivity index (χ2n) is 5.46. The summed E-state index contributed by atoms with van der Waals surface area (Å²) in [7, 11) is 0. The Balaban J connectivity index is 2.57. The number of hydrogen-bond acceptors (Lipinski definition) is 7. The van der Waals surface area contributed by atoms with Crippen molar-refractivity contribution in [2.45, 2.75) is 63.8 Å². The minimum Gasteiger partial charge on any atom is -0.394 e. The lowest BCUT2D eigenvalue weighted by atomic mass is 9.97. The van der Waals surface area contributed by atoms with Crippen LogP contribution in [0.5, 0.6) is 0 Å². The van der Waals surface area contributed by atoms with E-state index in [1.165, 1.54) is 13.8 Å². The molecule has 22 heavy (non-hydrogen) atoms. The van der Waals surface area contributed by atoms with E-state index in [9.17, 15) is 19.8 Å². The number of amides is 1. The summed E-state index contributed by atoms with van der Waals surface area (Å²) in [5.74, 6) is -0.295. The van der Waals surface area contributed by atoms with Crippen molar-refractivity contribution in [2.75, 3.05) is 13.2 Å². The lowest BCUT2D eigenvalue weighted by molar-refractivity contribution is -0.270. The van der Waals surface area contributed by atoms with Crippen LogP contribution in [0.1, 0.15) is 33.1 Å². The molecule has 1 heterocycles. The number of nitrogens with one attached hydrogen (secondary N) is 1. The first-order valence-electron chi connectivity index (χ1n) is 7.37. The molecule has 0 saturated carbocycles. The van der Waals surface area contributed by atoms with Gasteiger partial charge in [-0.25, -0.2) is 0 Å². The van der Waals surface area contributed by atoms with Crippen molar-refractivity contribution in [1.82, 2.24) is 5.32 Å². The number of ether oxygens (including phenoxy) is 2. The summed E-state index contributed by atoms with van der Waals surface area (Å²) in [6.45, 7) is 2.59. The second-order valence-corrected chi connectivity index (χ2v) is 5.46. The molecule has 0 radical (unpaired) electrons. The Kier molecular flexibility index (Phi) is 7.91. The Labute approximate surface area is 129 Å². The highest BCUT2D eigenvalue weighted by molar-refractivity contribution is 5.75. The lowest BCUT2D eigenvalue weighted by Crippen LogP contribution is -2.64. The minimum atomic E-state index is -1.32. The van der Waals surface area contributed by atoms with Gasteiger partial charge in [-0.3, -0.25) is 4.79 Å². The van der Waals surface area contributed by atoms with Crippen LogP contribution in [-0.2, 0) is 19.1 Å². The molecular formula is C14H25NO7. The third-order valence-electron chi connectivity index (χ3n) is 3.46. The van der Waals surface area contributed by atoms with E-state index in [0.29, 0.717) is 19.3 Å². The molecule has 0 spiro atoms. The van der Waals surface area contributed by atoms with Crippen LogP contribution in [0.25, 0.3) is 0 Å². The zero-order chi connectivity index (χ0) is 16.7. The van der Waals surface area contributed by atoms with Crippen LogP contribution in [0.4, 0.5) is 0 Å². The minimum absolute atomic E-state index is 0.101. The highest BCUT2D eigenvalue weighted by Gasteiger charge is 2.45. The Morgan fingerprint density at radius 2 is 1.86 bits per heavy atom. The Morgan fingerprint density at radius 3 is 2.41 bits per heavy atom. The zero-order valence-corrected chi connectivity index (χ0v) is 12.9. The fourth-order valence-electron chi connectivity index (χ4n) is 2.29. The maximum Gasteiger partial charge on any atom is 0.217 e. The van der Waals surface area contributed by atoms with Crippen LogP contribution in [0, 0.1) is 0 Å². The van der Waals surface area contributed by atoms with E-state index in [2.05, 4.69) is 5.32 Å². The molecule has 1 aliphatic heterocycles. The summed E-state index contributed by atoms with van der Waals surface area (Å²) in [5, 5.41) is 31.5. The van der Waals surface area contributed by atoms with Crippen molar-refractivity contribution in [3.8, 4) is 0 Å². The monoisotopic (exact) mass is 319 g/mol. The third-order valence-corrected chi connectivity index (χ3v) is 3.46. The van der Waals surface area contributed by atoms with Gasteiger partial charge in [-0.15, -0.1) is 0 Å². The van der Waals surface area contributed by atoms with E-state index in [4.69, 9.17) is 14.6 Å². The number of carbonyl (C=O) groups excluding carboxylic acids is 2. The van der Waals surface area contributed by atoms with Crippen LogP contribution in [-0.4, -0.2) is 70.9 Å². The molecule has 0 aromatic rings. The van der Waals surface area contributed by atoms with Crippen molar-refractivity contribution in [3.05, 3.63) is 0 Å². The molecule has 1 rings (SSSR count). The number of rotatable bonds is 8. The maximum absolute atomic E-state index is 11.2. The van der Waals surface area contributed by atoms with Gasteiger partial charge in [0.1, 0.15) is 30.1 Å². The van der Waals surface area contributed by atoms with Gasteiger partial charge in [-0.05, 0) is 19.8 Å². The standard InChI is InChI=1S/C14H25NO7/c1-8(17)5-3-4-6-21-14-11(15-9(2)18)13(20)12(19)10(7-16)22-14/h10-14,16,19-20H,3-7H2,1-2H3,(H,15,18)/t10-,11-,12+,13-,14-/m1/s1. The topological polar surface area (TPSA) is 125 Å². The van der Waals surface area contributed by atoms with Gasteiger partial charge < -0.3 is 34.9 Å². The summed E-state index contributed by atoms with van der Waals surface area (Å²) in [6.07, 6.45) is -2.84. The van der Waals surface area contributed by atoms with Gasteiger partial charge in [-0.1, -0.05) is 0 Å². The van der Waals surface area contributed by atoms with E-state index in [-0.39, 0.29) is 12.4 Å². The van der Waals surface area contributed by atoms with Crippen molar-refractivity contribution in [1.29, 1.82) is 0 Å². The number of ketones is 1. The third kappa shape index (κ3) is 5.62. The highest BCUT2D eigenvalue weighted by atomic mass is 16.7. The average molecular weight is 319 g/mol. The molecular weight excluding hydrogens is 294 g/mol. The van der Waals surface area contributed by atoms with Crippen molar-refractivity contribution in [3.63, 3.8) is 0 Å². The smallest absolute Gasteiger partial charge is 0.217 e. The van der Waals surface area contributed by atoms with Crippen LogP contribution in [0.3, 0.4) is 0 Å². The number of aliphatic hydroxyl groups excluding tert-OH is 3. The first-order valence-corrected chi connectivity index (χ1v) is 7.37. The molecule has 128 valence electrons. The largest absolute Gasteiger partial charge is 0.394 e. The average Bonchev–Trinajstić information content (AvgIpc) is 2.45. The molecule has 8 heteroatoms. The molecule has 0 aliphatic carbocycles. The SMILES string of the molecule is CC(=O)CCCCO[C@@H]1O[C@H](CO)[C@H](O)[C@H](O)[C@H]1NC(C)=O. The molecule has 1 fully saturated rings. The molecule has 8 nitrogen and oxygen atoms in total. The molecule has 0 bridgehead atoms. The van der Waals surface area contributed by atoms with E-state index >= 15 is 0 Å². The Bertz CT molecular complexity index is 376. The fourth-order valence-corrected chi connectivity index (χ4v) is 2.29. The quantitative estimate of drug-likeness (QED) is 0.410. The number of hydrogen-bond donors (Lipinski definition) is 4. The fraction of sp³-hybridized carbons (Fsp3) is 0.857. The summed E-state index contributed by atoms with van der Waals surface area (Å²) in [4.78, 5) is 22.1. The molecule has 5 atom stereocenters. The van der Waals surface area contributed by atoms with E-state index in [1.807, 2.05) is 0 Å². The zero-order valence-electron chi connectivity index (χ0n) is 12.9.